The van der Waals surface area contributed by atoms with Gasteiger partial charge in [-0.15, -0.1) is 0 Å². The van der Waals surface area contributed by atoms with Crippen LogP contribution in [0, 0.1) is 17.2 Å². The molecule has 114 valence electrons. The zero-order chi connectivity index (χ0) is 15.1. The van der Waals surface area contributed by atoms with E-state index in [9.17, 15) is 8.42 Å². The third kappa shape index (κ3) is 4.81. The van der Waals surface area contributed by atoms with Crippen LogP contribution in [0.25, 0.3) is 0 Å². The molecule has 1 atom stereocenters. The van der Waals surface area contributed by atoms with Crippen molar-refractivity contribution in [2.24, 2.45) is 5.92 Å². The molecular weight excluding hydrogens is 286 g/mol. The summed E-state index contributed by atoms with van der Waals surface area (Å²) in [7, 11) is -3.45. The number of hydrogen-bond acceptors (Lipinski definition) is 4. The molecule has 0 amide bonds. The summed E-state index contributed by atoms with van der Waals surface area (Å²) in [5.41, 5.74) is 0.824. The minimum Gasteiger partial charge on any atom is -0.316 e. The predicted molar refractivity (Wildman–Crippen MR) is 81.2 cm³/mol. The van der Waals surface area contributed by atoms with Crippen molar-refractivity contribution in [2.45, 2.75) is 30.6 Å². The van der Waals surface area contributed by atoms with E-state index in [1.54, 1.807) is 24.3 Å². The first kappa shape index (κ1) is 16.0. The standard InChI is InChI=1S/C15H21N3O2S/c16-9-7-13-3-5-15(6-4-13)21(19,20)18-11-8-14-2-1-10-17-12-14/h3-6,14,17-18H,1-2,7-8,10-12H2. The highest BCUT2D eigenvalue weighted by atomic mass is 32.2. The molecule has 0 bridgehead atoms. The van der Waals surface area contributed by atoms with Gasteiger partial charge in [-0.3, -0.25) is 0 Å². The van der Waals surface area contributed by atoms with Gasteiger partial charge in [-0.25, -0.2) is 13.1 Å². The Hall–Kier alpha value is -1.42. The van der Waals surface area contributed by atoms with Gasteiger partial charge in [0.1, 0.15) is 0 Å². The fraction of sp³-hybridized carbons (Fsp3) is 0.533. The van der Waals surface area contributed by atoms with Crippen LogP contribution in [0.15, 0.2) is 29.2 Å². The molecule has 0 aliphatic carbocycles. The van der Waals surface area contributed by atoms with Crippen molar-refractivity contribution in [2.75, 3.05) is 19.6 Å². The second kappa shape index (κ2) is 7.55. The molecule has 1 aromatic carbocycles. The van der Waals surface area contributed by atoms with Crippen molar-refractivity contribution in [1.29, 1.82) is 5.26 Å². The van der Waals surface area contributed by atoms with Gasteiger partial charge in [0, 0.05) is 6.54 Å². The Morgan fingerprint density at radius 1 is 1.33 bits per heavy atom. The van der Waals surface area contributed by atoms with Gasteiger partial charge in [0.15, 0.2) is 0 Å². The van der Waals surface area contributed by atoms with E-state index < -0.39 is 10.0 Å². The molecule has 0 aromatic heterocycles. The lowest BCUT2D eigenvalue weighted by Gasteiger charge is -2.22. The molecule has 1 aliphatic heterocycles. The first-order valence-corrected chi connectivity index (χ1v) is 8.76. The zero-order valence-corrected chi connectivity index (χ0v) is 12.8. The quantitative estimate of drug-likeness (QED) is 0.833. The molecule has 1 saturated heterocycles. The van der Waals surface area contributed by atoms with Crippen molar-refractivity contribution in [3.8, 4) is 6.07 Å². The van der Waals surface area contributed by atoms with Gasteiger partial charge in [-0.05, 0) is 56.0 Å². The van der Waals surface area contributed by atoms with Gasteiger partial charge in [0.25, 0.3) is 0 Å². The summed E-state index contributed by atoms with van der Waals surface area (Å²) in [6, 6.07) is 8.51. The summed E-state index contributed by atoms with van der Waals surface area (Å²) >= 11 is 0. The first-order valence-electron chi connectivity index (χ1n) is 7.28. The molecule has 6 heteroatoms. The van der Waals surface area contributed by atoms with Crippen LogP contribution >= 0.6 is 0 Å². The summed E-state index contributed by atoms with van der Waals surface area (Å²) in [6.45, 7) is 2.51. The minimum absolute atomic E-state index is 0.256. The molecule has 2 N–H and O–H groups in total. The lowest BCUT2D eigenvalue weighted by Crippen LogP contribution is -2.33. The van der Waals surface area contributed by atoms with Crippen LogP contribution in [0.1, 0.15) is 24.8 Å². The third-order valence-electron chi connectivity index (χ3n) is 3.76. The van der Waals surface area contributed by atoms with E-state index in [2.05, 4.69) is 10.0 Å². The van der Waals surface area contributed by atoms with E-state index in [1.165, 1.54) is 0 Å². The Labute approximate surface area is 126 Å². The molecule has 1 aliphatic rings. The van der Waals surface area contributed by atoms with Gasteiger partial charge >= 0.3 is 0 Å². The average Bonchev–Trinajstić information content (AvgIpc) is 2.49. The summed E-state index contributed by atoms with van der Waals surface area (Å²) in [5.74, 6) is 0.555. The molecule has 1 aromatic rings. The highest BCUT2D eigenvalue weighted by Gasteiger charge is 2.16. The summed E-state index contributed by atoms with van der Waals surface area (Å²) < 4.78 is 27.0. The van der Waals surface area contributed by atoms with Crippen molar-refractivity contribution in [3.05, 3.63) is 29.8 Å². The van der Waals surface area contributed by atoms with Crippen LogP contribution in [-0.2, 0) is 16.4 Å². The lowest BCUT2D eigenvalue weighted by atomic mass is 9.96. The maximum Gasteiger partial charge on any atom is 0.240 e. The molecular formula is C15H21N3O2S. The van der Waals surface area contributed by atoms with E-state index in [4.69, 9.17) is 5.26 Å². The highest BCUT2D eigenvalue weighted by molar-refractivity contribution is 7.89. The second-order valence-corrected chi connectivity index (χ2v) is 7.14. The maximum absolute atomic E-state index is 12.2. The number of rotatable bonds is 6. The van der Waals surface area contributed by atoms with Crippen molar-refractivity contribution in [1.82, 2.24) is 10.0 Å². The van der Waals surface area contributed by atoms with Crippen LogP contribution < -0.4 is 10.0 Å². The number of piperidine rings is 1. The van der Waals surface area contributed by atoms with Crippen molar-refractivity contribution < 1.29 is 8.42 Å². The number of nitrogens with zero attached hydrogens (tertiary/aromatic N) is 1. The summed E-state index contributed by atoms with van der Waals surface area (Å²) in [5, 5.41) is 11.9. The van der Waals surface area contributed by atoms with Gasteiger partial charge in [0.05, 0.1) is 17.4 Å². The van der Waals surface area contributed by atoms with Gasteiger partial charge in [-0.1, -0.05) is 12.1 Å². The van der Waals surface area contributed by atoms with Crippen LogP contribution in [0.4, 0.5) is 0 Å². The predicted octanol–water partition coefficient (Wildman–Crippen LogP) is 1.42. The largest absolute Gasteiger partial charge is 0.316 e. The SMILES string of the molecule is N#CCc1ccc(S(=O)(=O)NCCC2CCCNC2)cc1. The Kier molecular flexibility index (Phi) is 5.74. The Bertz CT molecular complexity index is 584. The number of sulfonamides is 1. The molecule has 2 rings (SSSR count). The normalized spacial score (nSPS) is 19.1. The number of nitrogens with one attached hydrogen (secondary N) is 2. The van der Waals surface area contributed by atoms with E-state index in [0.29, 0.717) is 18.9 Å². The molecule has 0 saturated carbocycles. The number of benzene rings is 1. The molecule has 5 nitrogen and oxygen atoms in total. The fourth-order valence-corrected chi connectivity index (χ4v) is 3.58. The van der Waals surface area contributed by atoms with Crippen LogP contribution in [0.5, 0.6) is 0 Å². The number of hydrogen-bond donors (Lipinski definition) is 2. The monoisotopic (exact) mass is 307 g/mol. The van der Waals surface area contributed by atoms with Crippen molar-refractivity contribution >= 4 is 10.0 Å². The molecule has 21 heavy (non-hydrogen) atoms. The van der Waals surface area contributed by atoms with E-state index in [-0.39, 0.29) is 4.90 Å². The molecule has 0 radical (unpaired) electrons. The Morgan fingerprint density at radius 2 is 2.10 bits per heavy atom. The second-order valence-electron chi connectivity index (χ2n) is 5.38. The number of nitriles is 1. The first-order chi connectivity index (χ1) is 10.1. The van der Waals surface area contributed by atoms with Gasteiger partial charge < -0.3 is 5.32 Å². The zero-order valence-electron chi connectivity index (χ0n) is 12.0. The summed E-state index contributed by atoms with van der Waals surface area (Å²) in [4.78, 5) is 0.256. The topological polar surface area (TPSA) is 82.0 Å². The highest BCUT2D eigenvalue weighted by Crippen LogP contribution is 2.14. The lowest BCUT2D eigenvalue weighted by molar-refractivity contribution is 0.358. The average molecular weight is 307 g/mol. The van der Waals surface area contributed by atoms with Crippen molar-refractivity contribution in [3.63, 3.8) is 0 Å². The van der Waals surface area contributed by atoms with E-state index in [1.807, 2.05) is 6.07 Å². The molecule has 1 unspecified atom stereocenters. The fourth-order valence-electron chi connectivity index (χ4n) is 2.53. The molecule has 1 fully saturated rings. The van der Waals surface area contributed by atoms with Gasteiger partial charge in [-0.2, -0.15) is 5.26 Å². The maximum atomic E-state index is 12.2. The molecule has 0 spiro atoms. The van der Waals surface area contributed by atoms with Crippen LogP contribution in [-0.4, -0.2) is 28.1 Å². The molecule has 1 heterocycles. The minimum atomic E-state index is -3.45. The third-order valence-corrected chi connectivity index (χ3v) is 5.24. The Balaban J connectivity index is 1.87. The van der Waals surface area contributed by atoms with Crippen LogP contribution in [0.3, 0.4) is 0 Å². The van der Waals surface area contributed by atoms with Gasteiger partial charge in [0.2, 0.25) is 10.0 Å². The van der Waals surface area contributed by atoms with E-state index in [0.717, 1.165) is 37.9 Å². The Morgan fingerprint density at radius 3 is 2.71 bits per heavy atom. The smallest absolute Gasteiger partial charge is 0.240 e. The van der Waals surface area contributed by atoms with E-state index >= 15 is 0 Å². The summed E-state index contributed by atoms with van der Waals surface area (Å²) in [6.07, 6.45) is 3.48. The van der Waals surface area contributed by atoms with Crippen LogP contribution in [0.2, 0.25) is 0 Å².